The van der Waals surface area contributed by atoms with Crippen LogP contribution in [0.4, 0.5) is 10.9 Å². The highest BCUT2D eigenvalue weighted by atomic mass is 32.1. The van der Waals surface area contributed by atoms with Crippen LogP contribution in [0.5, 0.6) is 0 Å². The van der Waals surface area contributed by atoms with Crippen LogP contribution >= 0.6 is 11.3 Å². The fourth-order valence-corrected chi connectivity index (χ4v) is 4.85. The number of thiazole rings is 1. The van der Waals surface area contributed by atoms with Crippen molar-refractivity contribution < 1.29 is 9.21 Å². The molecule has 4 heterocycles. The van der Waals surface area contributed by atoms with Crippen LogP contribution in [0.25, 0.3) is 11.1 Å². The maximum Gasteiger partial charge on any atom is 0.419 e. The van der Waals surface area contributed by atoms with E-state index >= 15 is 0 Å². The van der Waals surface area contributed by atoms with Crippen LogP contribution < -0.4 is 11.1 Å². The van der Waals surface area contributed by atoms with Crippen molar-refractivity contribution in [2.45, 2.75) is 38.8 Å². The molecule has 0 spiro atoms. The first kappa shape index (κ1) is 20.4. The molecular weight excluding hydrogens is 426 g/mol. The number of pyridine rings is 1. The Balaban J connectivity index is 1.30. The van der Waals surface area contributed by atoms with Gasteiger partial charge in [-0.2, -0.15) is 0 Å². The first-order chi connectivity index (χ1) is 15.6. The summed E-state index contributed by atoms with van der Waals surface area (Å²) in [4.78, 5) is 37.4. The lowest BCUT2D eigenvalue weighted by Crippen LogP contribution is -2.32. The molecule has 5 rings (SSSR count). The summed E-state index contributed by atoms with van der Waals surface area (Å²) in [5.74, 6) is 0.294. The number of aryl methyl sites for hydroxylation is 2. The van der Waals surface area contributed by atoms with Gasteiger partial charge >= 0.3 is 5.76 Å². The van der Waals surface area contributed by atoms with Gasteiger partial charge in [0.05, 0.1) is 17.3 Å². The monoisotopic (exact) mass is 449 g/mol. The predicted molar refractivity (Wildman–Crippen MR) is 123 cm³/mol. The quantitative estimate of drug-likeness (QED) is 0.473. The fraction of sp³-hybridized carbons (Fsp3) is 0.304. The van der Waals surface area contributed by atoms with Gasteiger partial charge in [0.25, 0.3) is 0 Å². The number of hydrogen-bond donors (Lipinski definition) is 1. The number of nitrogens with one attached hydrogen (secondary N) is 1. The van der Waals surface area contributed by atoms with Crippen LogP contribution in [0.1, 0.15) is 35.9 Å². The smallest absolute Gasteiger partial charge is 0.408 e. The first-order valence-electron chi connectivity index (χ1n) is 10.6. The number of anilines is 2. The second kappa shape index (κ2) is 8.58. The molecule has 0 unspecified atom stereocenters. The molecule has 1 aromatic carbocycles. The molecule has 1 aliphatic rings. The number of carbonyl (C=O) groups excluding carboxylic acids is 1. The molecule has 3 aromatic heterocycles. The third kappa shape index (κ3) is 4.03. The zero-order valence-corrected chi connectivity index (χ0v) is 18.5. The van der Waals surface area contributed by atoms with Crippen molar-refractivity contribution in [3.8, 4) is 0 Å². The van der Waals surface area contributed by atoms with E-state index in [1.165, 1.54) is 4.57 Å². The number of nitrogens with zero attached hydrogens (tertiary/aromatic N) is 4. The predicted octanol–water partition coefficient (Wildman–Crippen LogP) is 4.25. The summed E-state index contributed by atoms with van der Waals surface area (Å²) in [6.45, 7) is 2.99. The molecule has 1 saturated heterocycles. The minimum Gasteiger partial charge on any atom is -0.408 e. The summed E-state index contributed by atoms with van der Waals surface area (Å²) in [5.41, 5.74) is 2.11. The highest BCUT2D eigenvalue weighted by Gasteiger charge is 2.31. The van der Waals surface area contributed by atoms with Gasteiger partial charge in [-0.3, -0.25) is 9.36 Å². The largest absolute Gasteiger partial charge is 0.419 e. The highest BCUT2D eigenvalue weighted by Crippen LogP contribution is 2.32. The lowest BCUT2D eigenvalue weighted by molar-refractivity contribution is -0.132. The van der Waals surface area contributed by atoms with Gasteiger partial charge in [-0.25, -0.2) is 14.8 Å². The minimum absolute atomic E-state index is 0.0143. The number of fused-ring (bicyclic) bond motifs is 1. The van der Waals surface area contributed by atoms with E-state index in [-0.39, 0.29) is 24.9 Å². The van der Waals surface area contributed by atoms with Crippen molar-refractivity contribution in [2.75, 3.05) is 11.9 Å². The third-order valence-electron chi connectivity index (χ3n) is 5.66. The Bertz CT molecular complexity index is 1320. The second-order valence-electron chi connectivity index (χ2n) is 7.83. The van der Waals surface area contributed by atoms with E-state index in [4.69, 9.17) is 9.40 Å². The molecule has 0 bridgehead atoms. The summed E-state index contributed by atoms with van der Waals surface area (Å²) in [6, 6.07) is 13.0. The van der Waals surface area contributed by atoms with E-state index in [0.29, 0.717) is 23.5 Å². The molecule has 0 saturated carbocycles. The zero-order chi connectivity index (χ0) is 22.1. The molecule has 1 aliphatic heterocycles. The Hall–Kier alpha value is -3.46. The SMILES string of the molecule is Cc1cnc(Nc2cccc([C@@H]3CCCN3C(=O)CCn3c(=O)oc4ccccc43)n2)s1. The second-order valence-corrected chi connectivity index (χ2v) is 9.07. The van der Waals surface area contributed by atoms with E-state index < -0.39 is 5.76 Å². The summed E-state index contributed by atoms with van der Waals surface area (Å²) < 4.78 is 6.80. The van der Waals surface area contributed by atoms with Crippen LogP contribution in [0, 0.1) is 6.92 Å². The average Bonchev–Trinajstić information content (AvgIpc) is 3.51. The molecule has 1 atom stereocenters. The molecule has 164 valence electrons. The average molecular weight is 450 g/mol. The molecule has 1 N–H and O–H groups in total. The van der Waals surface area contributed by atoms with Gasteiger partial charge in [0, 0.05) is 30.6 Å². The summed E-state index contributed by atoms with van der Waals surface area (Å²) in [6.07, 6.45) is 3.85. The summed E-state index contributed by atoms with van der Waals surface area (Å²) in [7, 11) is 0. The molecule has 4 aromatic rings. The van der Waals surface area contributed by atoms with Gasteiger partial charge < -0.3 is 14.6 Å². The van der Waals surface area contributed by atoms with Gasteiger partial charge in [-0.05, 0) is 44.0 Å². The topological polar surface area (TPSA) is 93.3 Å². The van der Waals surface area contributed by atoms with Gasteiger partial charge in [-0.1, -0.05) is 18.2 Å². The summed E-state index contributed by atoms with van der Waals surface area (Å²) >= 11 is 1.57. The van der Waals surface area contributed by atoms with Crippen LogP contribution in [-0.2, 0) is 11.3 Å². The van der Waals surface area contributed by atoms with Crippen LogP contribution in [-0.4, -0.2) is 31.9 Å². The highest BCUT2D eigenvalue weighted by molar-refractivity contribution is 7.15. The summed E-state index contributed by atoms with van der Waals surface area (Å²) in [5, 5.41) is 4.04. The maximum atomic E-state index is 13.1. The zero-order valence-electron chi connectivity index (χ0n) is 17.7. The van der Waals surface area contributed by atoms with Gasteiger partial charge in [0.2, 0.25) is 5.91 Å². The van der Waals surface area contributed by atoms with Crippen molar-refractivity contribution in [3.05, 3.63) is 69.8 Å². The fourth-order valence-electron chi connectivity index (χ4n) is 4.18. The number of likely N-dealkylation sites (tertiary alicyclic amines) is 1. The number of benzene rings is 1. The Morgan fingerprint density at radius 2 is 2.12 bits per heavy atom. The Morgan fingerprint density at radius 1 is 1.25 bits per heavy atom. The molecule has 32 heavy (non-hydrogen) atoms. The van der Waals surface area contributed by atoms with Crippen molar-refractivity contribution in [3.63, 3.8) is 0 Å². The van der Waals surface area contributed by atoms with Gasteiger partial charge in [0.15, 0.2) is 10.7 Å². The lowest BCUT2D eigenvalue weighted by Gasteiger charge is -2.24. The van der Waals surface area contributed by atoms with Crippen molar-refractivity contribution >= 4 is 39.3 Å². The normalized spacial score (nSPS) is 16.0. The number of aromatic nitrogens is 3. The van der Waals surface area contributed by atoms with E-state index in [9.17, 15) is 9.59 Å². The van der Waals surface area contributed by atoms with Crippen molar-refractivity contribution in [1.82, 2.24) is 19.4 Å². The number of para-hydroxylation sites is 2. The van der Waals surface area contributed by atoms with Crippen LogP contribution in [0.3, 0.4) is 0 Å². The molecule has 8 nitrogen and oxygen atoms in total. The van der Waals surface area contributed by atoms with E-state index in [1.807, 2.05) is 54.4 Å². The Morgan fingerprint density at radius 3 is 2.97 bits per heavy atom. The van der Waals surface area contributed by atoms with Gasteiger partial charge in [0.1, 0.15) is 5.82 Å². The Kier molecular flexibility index (Phi) is 5.48. The van der Waals surface area contributed by atoms with E-state index in [2.05, 4.69) is 10.3 Å². The lowest BCUT2D eigenvalue weighted by atomic mass is 10.1. The molecule has 1 fully saturated rings. The molecular formula is C23H23N5O3S. The number of amides is 1. The Labute approximate surface area is 188 Å². The van der Waals surface area contributed by atoms with Crippen molar-refractivity contribution in [2.24, 2.45) is 0 Å². The standard InChI is InChI=1S/C23H23N5O3S/c1-15-14-24-22(32-15)26-20-10-4-6-16(25-20)17-8-5-12-27(17)21(29)11-13-28-18-7-2-3-9-19(18)31-23(28)30/h2-4,6-7,9-10,14,17H,5,8,11-13H2,1H3,(H,24,25,26)/t17-/m0/s1. The van der Waals surface area contributed by atoms with Crippen LogP contribution in [0.15, 0.2) is 57.9 Å². The third-order valence-corrected chi connectivity index (χ3v) is 6.49. The molecule has 1 amide bonds. The number of carbonyl (C=O) groups is 1. The number of rotatable bonds is 6. The molecule has 0 aliphatic carbocycles. The molecule has 0 radical (unpaired) electrons. The van der Waals surface area contributed by atoms with E-state index in [1.54, 1.807) is 17.4 Å². The van der Waals surface area contributed by atoms with Crippen molar-refractivity contribution in [1.29, 1.82) is 0 Å². The number of hydrogen-bond acceptors (Lipinski definition) is 7. The van der Waals surface area contributed by atoms with Gasteiger partial charge in [-0.15, -0.1) is 11.3 Å². The van der Waals surface area contributed by atoms with E-state index in [0.717, 1.165) is 28.5 Å². The molecule has 9 heteroatoms. The van der Waals surface area contributed by atoms with Crippen LogP contribution in [0.2, 0.25) is 0 Å². The maximum absolute atomic E-state index is 13.1. The first-order valence-corrected chi connectivity index (χ1v) is 11.4. The number of oxazole rings is 1. The minimum atomic E-state index is -0.435.